The minimum Gasteiger partial charge on any atom is -0.357 e. The van der Waals surface area contributed by atoms with Gasteiger partial charge in [-0.1, -0.05) is 30.3 Å². The van der Waals surface area contributed by atoms with Crippen LogP contribution in [0.15, 0.2) is 35.3 Å². The highest BCUT2D eigenvalue weighted by molar-refractivity contribution is 7.88. The maximum Gasteiger partial charge on any atom is 0.211 e. The molecule has 2 rings (SSSR count). The first-order valence-electron chi connectivity index (χ1n) is 8.38. The normalized spacial score (nSPS) is 19.5. The summed E-state index contributed by atoms with van der Waals surface area (Å²) in [5, 5.41) is 3.31. The lowest BCUT2D eigenvalue weighted by molar-refractivity contribution is 0.456. The first-order valence-corrected chi connectivity index (χ1v) is 10.2. The van der Waals surface area contributed by atoms with Crippen molar-refractivity contribution in [2.45, 2.75) is 19.9 Å². The van der Waals surface area contributed by atoms with Crippen LogP contribution in [-0.4, -0.2) is 63.1 Å². The molecule has 0 aliphatic carbocycles. The molecule has 0 radical (unpaired) electrons. The average Bonchev–Trinajstić information content (AvgIpc) is 3.01. The number of sulfonamides is 1. The fourth-order valence-electron chi connectivity index (χ4n) is 2.86. The molecule has 1 aromatic carbocycles. The third kappa shape index (κ3) is 5.49. The predicted octanol–water partition coefficient (Wildman–Crippen LogP) is 1.37. The van der Waals surface area contributed by atoms with E-state index < -0.39 is 10.0 Å². The Morgan fingerprint density at radius 1 is 1.38 bits per heavy atom. The summed E-state index contributed by atoms with van der Waals surface area (Å²) in [4.78, 5) is 6.82. The summed E-state index contributed by atoms with van der Waals surface area (Å²) in [7, 11) is -1.06. The average molecular weight is 353 g/mol. The summed E-state index contributed by atoms with van der Waals surface area (Å²) < 4.78 is 24.8. The van der Waals surface area contributed by atoms with Crippen LogP contribution in [0.25, 0.3) is 0 Å². The maximum atomic E-state index is 11.6. The molecule has 1 heterocycles. The Hall–Kier alpha value is -1.60. The molecule has 1 N–H and O–H groups in total. The van der Waals surface area contributed by atoms with Crippen molar-refractivity contribution < 1.29 is 8.42 Å². The van der Waals surface area contributed by atoms with Gasteiger partial charge < -0.3 is 10.2 Å². The molecule has 1 fully saturated rings. The quantitative estimate of drug-likeness (QED) is 0.620. The van der Waals surface area contributed by atoms with Gasteiger partial charge >= 0.3 is 0 Å². The molecule has 0 bridgehead atoms. The van der Waals surface area contributed by atoms with E-state index in [1.807, 2.05) is 32.2 Å². The van der Waals surface area contributed by atoms with Crippen LogP contribution in [0.3, 0.4) is 0 Å². The van der Waals surface area contributed by atoms with Gasteiger partial charge in [-0.3, -0.25) is 4.99 Å². The maximum absolute atomic E-state index is 11.6. The van der Waals surface area contributed by atoms with E-state index in [4.69, 9.17) is 4.99 Å². The van der Waals surface area contributed by atoms with Crippen molar-refractivity contribution in [2.24, 2.45) is 10.9 Å². The summed E-state index contributed by atoms with van der Waals surface area (Å²) in [5.74, 6) is 1.15. The van der Waals surface area contributed by atoms with Gasteiger partial charge in [0.2, 0.25) is 10.0 Å². The molecular weight excluding hydrogens is 324 g/mol. The highest BCUT2D eigenvalue weighted by atomic mass is 32.2. The number of hydrogen-bond acceptors (Lipinski definition) is 3. The molecular formula is C17H28N4O2S. The molecule has 7 heteroatoms. The summed E-state index contributed by atoms with van der Waals surface area (Å²) in [5.41, 5.74) is 1.23. The van der Waals surface area contributed by atoms with Gasteiger partial charge in [0.05, 0.1) is 6.26 Å². The molecule has 134 valence electrons. The van der Waals surface area contributed by atoms with Gasteiger partial charge in [0.15, 0.2) is 5.96 Å². The Kier molecular flexibility index (Phi) is 6.62. The Labute approximate surface area is 145 Å². The van der Waals surface area contributed by atoms with Crippen molar-refractivity contribution in [3.05, 3.63) is 35.9 Å². The molecule has 1 unspecified atom stereocenters. The second-order valence-electron chi connectivity index (χ2n) is 6.31. The predicted molar refractivity (Wildman–Crippen MR) is 98.4 cm³/mol. The highest BCUT2D eigenvalue weighted by Crippen LogP contribution is 2.19. The Bertz CT molecular complexity index is 646. The number of nitrogens with one attached hydrogen (secondary N) is 1. The van der Waals surface area contributed by atoms with E-state index in [0.29, 0.717) is 25.6 Å². The number of rotatable bonds is 6. The van der Waals surface area contributed by atoms with Crippen LogP contribution in [0, 0.1) is 5.92 Å². The van der Waals surface area contributed by atoms with Gasteiger partial charge in [-0.15, -0.1) is 0 Å². The molecule has 24 heavy (non-hydrogen) atoms. The van der Waals surface area contributed by atoms with Crippen LogP contribution in [-0.2, 0) is 16.6 Å². The first kappa shape index (κ1) is 18.7. The zero-order chi connectivity index (χ0) is 17.6. The van der Waals surface area contributed by atoms with E-state index in [2.05, 4.69) is 22.3 Å². The number of hydrogen-bond donors (Lipinski definition) is 1. The van der Waals surface area contributed by atoms with E-state index in [1.54, 1.807) is 4.31 Å². The van der Waals surface area contributed by atoms with Crippen LogP contribution >= 0.6 is 0 Å². The van der Waals surface area contributed by atoms with Crippen molar-refractivity contribution in [2.75, 3.05) is 39.5 Å². The highest BCUT2D eigenvalue weighted by Gasteiger charge is 2.28. The molecule has 0 spiro atoms. The van der Waals surface area contributed by atoms with E-state index >= 15 is 0 Å². The van der Waals surface area contributed by atoms with Crippen molar-refractivity contribution in [1.29, 1.82) is 0 Å². The van der Waals surface area contributed by atoms with E-state index in [-0.39, 0.29) is 0 Å². The summed E-state index contributed by atoms with van der Waals surface area (Å²) in [6, 6.07) is 10.3. The monoisotopic (exact) mass is 352 g/mol. The van der Waals surface area contributed by atoms with Gasteiger partial charge in [0.25, 0.3) is 0 Å². The molecule has 0 aromatic heterocycles. The van der Waals surface area contributed by atoms with Crippen LogP contribution in [0.2, 0.25) is 0 Å². The topological polar surface area (TPSA) is 65.0 Å². The SMILES string of the molecule is CCNC(=NCC1CCN(S(C)(=O)=O)C1)N(C)Cc1ccccc1. The molecule has 1 atom stereocenters. The third-order valence-corrected chi connectivity index (χ3v) is 5.45. The van der Waals surface area contributed by atoms with E-state index in [9.17, 15) is 8.42 Å². The van der Waals surface area contributed by atoms with Crippen molar-refractivity contribution >= 4 is 16.0 Å². The lowest BCUT2D eigenvalue weighted by atomic mass is 10.1. The standard InChI is InChI=1S/C17H28N4O2S/c1-4-18-17(20(2)13-15-8-6-5-7-9-15)19-12-16-10-11-21(14-16)24(3,22)23/h5-9,16H,4,10-14H2,1-3H3,(H,18,19). The fourth-order valence-corrected chi connectivity index (χ4v) is 3.78. The van der Waals surface area contributed by atoms with Crippen LogP contribution < -0.4 is 5.32 Å². The van der Waals surface area contributed by atoms with Gasteiger partial charge in [-0.2, -0.15) is 0 Å². The summed E-state index contributed by atoms with van der Waals surface area (Å²) in [6.45, 7) is 5.46. The zero-order valence-corrected chi connectivity index (χ0v) is 15.6. The molecule has 6 nitrogen and oxygen atoms in total. The van der Waals surface area contributed by atoms with Gasteiger partial charge in [0.1, 0.15) is 0 Å². The van der Waals surface area contributed by atoms with Gasteiger partial charge in [-0.25, -0.2) is 12.7 Å². The second kappa shape index (κ2) is 8.48. The molecule has 1 aliphatic rings. The lowest BCUT2D eigenvalue weighted by Crippen LogP contribution is -2.39. The lowest BCUT2D eigenvalue weighted by Gasteiger charge is -2.22. The minimum absolute atomic E-state index is 0.290. The Morgan fingerprint density at radius 3 is 2.67 bits per heavy atom. The van der Waals surface area contributed by atoms with Crippen LogP contribution in [0.5, 0.6) is 0 Å². The zero-order valence-electron chi connectivity index (χ0n) is 14.8. The third-order valence-electron chi connectivity index (χ3n) is 4.18. The minimum atomic E-state index is -3.08. The molecule has 0 amide bonds. The smallest absolute Gasteiger partial charge is 0.211 e. The van der Waals surface area contributed by atoms with Gasteiger partial charge in [0, 0.05) is 39.8 Å². The number of aliphatic imine (C=N–C) groups is 1. The summed E-state index contributed by atoms with van der Waals surface area (Å²) in [6.07, 6.45) is 2.15. The van der Waals surface area contributed by atoms with Crippen molar-refractivity contribution in [3.63, 3.8) is 0 Å². The Morgan fingerprint density at radius 2 is 2.08 bits per heavy atom. The largest absolute Gasteiger partial charge is 0.357 e. The first-order chi connectivity index (χ1) is 11.4. The fraction of sp³-hybridized carbons (Fsp3) is 0.588. The number of benzene rings is 1. The van der Waals surface area contributed by atoms with Crippen molar-refractivity contribution in [1.82, 2.24) is 14.5 Å². The summed E-state index contributed by atoms with van der Waals surface area (Å²) >= 11 is 0. The number of nitrogens with zero attached hydrogens (tertiary/aromatic N) is 3. The van der Waals surface area contributed by atoms with E-state index in [0.717, 1.165) is 25.5 Å². The van der Waals surface area contributed by atoms with Gasteiger partial charge in [-0.05, 0) is 24.8 Å². The molecule has 1 aliphatic heterocycles. The van der Waals surface area contributed by atoms with Crippen molar-refractivity contribution in [3.8, 4) is 0 Å². The van der Waals surface area contributed by atoms with E-state index in [1.165, 1.54) is 11.8 Å². The number of guanidine groups is 1. The molecule has 1 aromatic rings. The Balaban J connectivity index is 1.95. The van der Waals surface area contributed by atoms with Crippen LogP contribution in [0.1, 0.15) is 18.9 Å². The molecule has 0 saturated carbocycles. The van der Waals surface area contributed by atoms with Crippen LogP contribution in [0.4, 0.5) is 0 Å². The molecule has 1 saturated heterocycles. The second-order valence-corrected chi connectivity index (χ2v) is 8.29.